The van der Waals surface area contributed by atoms with Crippen LogP contribution in [0.1, 0.15) is 44.9 Å². The van der Waals surface area contributed by atoms with Gasteiger partial charge in [0.1, 0.15) is 0 Å². The smallest absolute Gasteiger partial charge is 0.235 e. The zero-order valence-corrected chi connectivity index (χ0v) is 11.9. The molecule has 1 aliphatic carbocycles. The van der Waals surface area contributed by atoms with Crippen molar-refractivity contribution in [3.8, 4) is 0 Å². The minimum Gasteiger partial charge on any atom is -0.339 e. The lowest BCUT2D eigenvalue weighted by atomic mass is 9.91. The van der Waals surface area contributed by atoms with Crippen LogP contribution in [0.15, 0.2) is 0 Å². The largest absolute Gasteiger partial charge is 0.339 e. The molecule has 1 saturated carbocycles. The molecule has 2 aliphatic rings. The van der Waals surface area contributed by atoms with Gasteiger partial charge < -0.3 is 4.90 Å². The SMILES string of the molecule is O=C(C1CCCCS1)N(CCCCl)C1CCC1. The molecule has 0 radical (unpaired) electrons. The summed E-state index contributed by atoms with van der Waals surface area (Å²) in [4.78, 5) is 14.6. The van der Waals surface area contributed by atoms with Crippen molar-refractivity contribution in [3.05, 3.63) is 0 Å². The predicted molar refractivity (Wildman–Crippen MR) is 74.8 cm³/mol. The molecular formula is C13H22ClNOS. The van der Waals surface area contributed by atoms with Crippen LogP contribution in [0.2, 0.25) is 0 Å². The van der Waals surface area contributed by atoms with Crippen molar-refractivity contribution in [3.63, 3.8) is 0 Å². The summed E-state index contributed by atoms with van der Waals surface area (Å²) in [5, 5.41) is 0.236. The summed E-state index contributed by atoms with van der Waals surface area (Å²) in [7, 11) is 0. The molecule has 1 heterocycles. The van der Waals surface area contributed by atoms with E-state index in [1.54, 1.807) is 0 Å². The number of hydrogen-bond donors (Lipinski definition) is 0. The molecule has 2 rings (SSSR count). The summed E-state index contributed by atoms with van der Waals surface area (Å²) in [5.41, 5.74) is 0. The van der Waals surface area contributed by atoms with Gasteiger partial charge in [-0.25, -0.2) is 0 Å². The highest BCUT2D eigenvalue weighted by molar-refractivity contribution is 8.00. The molecule has 2 nitrogen and oxygen atoms in total. The molecule has 1 saturated heterocycles. The minimum atomic E-state index is 0.236. The fraction of sp³-hybridized carbons (Fsp3) is 0.923. The van der Waals surface area contributed by atoms with E-state index in [4.69, 9.17) is 11.6 Å². The first kappa shape index (κ1) is 13.5. The predicted octanol–water partition coefficient (Wildman–Crippen LogP) is 3.28. The standard InChI is InChI=1S/C13H22ClNOS/c14-8-4-9-15(11-5-3-6-11)13(16)12-7-1-2-10-17-12/h11-12H,1-10H2. The second kappa shape index (κ2) is 6.89. The molecule has 0 aromatic rings. The number of amides is 1. The molecule has 1 unspecified atom stereocenters. The maximum atomic E-state index is 12.5. The molecule has 4 heteroatoms. The van der Waals surface area contributed by atoms with Crippen LogP contribution < -0.4 is 0 Å². The molecule has 0 spiro atoms. The van der Waals surface area contributed by atoms with Crippen molar-refractivity contribution in [2.45, 2.75) is 56.2 Å². The van der Waals surface area contributed by atoms with E-state index < -0.39 is 0 Å². The number of hydrogen-bond acceptors (Lipinski definition) is 2. The first-order valence-electron chi connectivity index (χ1n) is 6.81. The summed E-state index contributed by atoms with van der Waals surface area (Å²) in [6.45, 7) is 0.865. The van der Waals surface area contributed by atoms with Crippen molar-refractivity contribution in [1.82, 2.24) is 4.90 Å². The maximum absolute atomic E-state index is 12.5. The normalized spacial score (nSPS) is 25.4. The number of thioether (sulfide) groups is 1. The van der Waals surface area contributed by atoms with E-state index in [9.17, 15) is 4.79 Å². The van der Waals surface area contributed by atoms with Gasteiger partial charge in [-0.15, -0.1) is 23.4 Å². The van der Waals surface area contributed by atoms with Crippen LogP contribution in [0.4, 0.5) is 0 Å². The van der Waals surface area contributed by atoms with Crippen LogP contribution in [0, 0.1) is 0 Å². The summed E-state index contributed by atoms with van der Waals surface area (Å²) in [6, 6.07) is 0.522. The Morgan fingerprint density at radius 3 is 2.59 bits per heavy atom. The van der Waals surface area contributed by atoms with Gasteiger partial charge in [0.05, 0.1) is 5.25 Å². The highest BCUT2D eigenvalue weighted by Gasteiger charge is 2.33. The van der Waals surface area contributed by atoms with Crippen LogP contribution in [0.3, 0.4) is 0 Å². The van der Waals surface area contributed by atoms with E-state index in [2.05, 4.69) is 4.90 Å². The van der Waals surface area contributed by atoms with Crippen molar-refractivity contribution < 1.29 is 4.79 Å². The summed E-state index contributed by atoms with van der Waals surface area (Å²) in [6.07, 6.45) is 8.19. The van der Waals surface area contributed by atoms with Gasteiger partial charge in [-0.3, -0.25) is 4.79 Å². The third-order valence-corrected chi connectivity index (χ3v) is 5.42. The quantitative estimate of drug-likeness (QED) is 0.718. The number of alkyl halides is 1. The van der Waals surface area contributed by atoms with Crippen LogP contribution in [0.5, 0.6) is 0 Å². The molecular weight excluding hydrogens is 254 g/mol. The number of halogens is 1. The number of carbonyl (C=O) groups is 1. The van der Waals surface area contributed by atoms with Gasteiger partial charge >= 0.3 is 0 Å². The number of nitrogens with zero attached hydrogens (tertiary/aromatic N) is 1. The molecule has 0 aromatic heterocycles. The van der Waals surface area contributed by atoms with Gasteiger partial charge in [0.15, 0.2) is 0 Å². The Balaban J connectivity index is 1.90. The van der Waals surface area contributed by atoms with Crippen molar-refractivity contribution in [2.24, 2.45) is 0 Å². The van der Waals surface area contributed by atoms with E-state index in [-0.39, 0.29) is 5.25 Å². The molecule has 1 amide bonds. The average Bonchev–Trinajstić information content (AvgIpc) is 2.32. The molecule has 98 valence electrons. The van der Waals surface area contributed by atoms with Crippen LogP contribution in [-0.4, -0.2) is 40.3 Å². The Morgan fingerprint density at radius 1 is 1.24 bits per heavy atom. The van der Waals surface area contributed by atoms with E-state index in [0.29, 0.717) is 17.8 Å². The molecule has 1 atom stereocenters. The zero-order chi connectivity index (χ0) is 12.1. The fourth-order valence-electron chi connectivity index (χ4n) is 2.52. The van der Waals surface area contributed by atoms with Gasteiger partial charge in [-0.1, -0.05) is 6.42 Å². The Kier molecular flexibility index (Phi) is 5.49. The van der Waals surface area contributed by atoms with Gasteiger partial charge in [0.25, 0.3) is 0 Å². The second-order valence-corrected chi connectivity index (χ2v) is 6.70. The van der Waals surface area contributed by atoms with Crippen LogP contribution in [-0.2, 0) is 4.79 Å². The van der Waals surface area contributed by atoms with Crippen molar-refractivity contribution in [2.75, 3.05) is 18.2 Å². The Hall–Kier alpha value is 0.110. The molecule has 1 aliphatic heterocycles. The zero-order valence-electron chi connectivity index (χ0n) is 10.4. The van der Waals surface area contributed by atoms with Gasteiger partial charge in [0.2, 0.25) is 5.91 Å². The van der Waals surface area contributed by atoms with E-state index in [0.717, 1.165) is 25.1 Å². The molecule has 0 aromatic carbocycles. The average molecular weight is 276 g/mol. The fourth-order valence-corrected chi connectivity index (χ4v) is 3.91. The Morgan fingerprint density at radius 2 is 2.06 bits per heavy atom. The minimum absolute atomic E-state index is 0.236. The first-order valence-corrected chi connectivity index (χ1v) is 8.39. The molecule has 17 heavy (non-hydrogen) atoms. The van der Waals surface area contributed by atoms with Crippen molar-refractivity contribution in [1.29, 1.82) is 0 Å². The Labute approximate surface area is 113 Å². The Bertz CT molecular complexity index is 252. The summed E-state index contributed by atoms with van der Waals surface area (Å²) < 4.78 is 0. The van der Waals surface area contributed by atoms with Gasteiger partial charge in [-0.2, -0.15) is 0 Å². The molecule has 0 bridgehead atoms. The van der Waals surface area contributed by atoms with E-state index in [1.165, 1.54) is 32.1 Å². The van der Waals surface area contributed by atoms with Gasteiger partial charge in [-0.05, 0) is 44.3 Å². The third kappa shape index (κ3) is 3.54. The second-order valence-electron chi connectivity index (χ2n) is 5.01. The summed E-state index contributed by atoms with van der Waals surface area (Å²) >= 11 is 7.62. The van der Waals surface area contributed by atoms with E-state index in [1.807, 2.05) is 11.8 Å². The lowest BCUT2D eigenvalue weighted by molar-refractivity contribution is -0.134. The monoisotopic (exact) mass is 275 g/mol. The van der Waals surface area contributed by atoms with Crippen LogP contribution >= 0.6 is 23.4 Å². The lowest BCUT2D eigenvalue weighted by Crippen LogP contribution is -2.48. The van der Waals surface area contributed by atoms with Crippen LogP contribution in [0.25, 0.3) is 0 Å². The highest BCUT2D eigenvalue weighted by Crippen LogP contribution is 2.31. The topological polar surface area (TPSA) is 20.3 Å². The molecule has 2 fully saturated rings. The maximum Gasteiger partial charge on any atom is 0.235 e. The van der Waals surface area contributed by atoms with E-state index >= 15 is 0 Å². The number of rotatable bonds is 5. The molecule has 0 N–H and O–H groups in total. The number of carbonyl (C=O) groups excluding carboxylic acids is 1. The first-order chi connectivity index (χ1) is 8.33. The lowest BCUT2D eigenvalue weighted by Gasteiger charge is -2.40. The highest BCUT2D eigenvalue weighted by atomic mass is 35.5. The third-order valence-electron chi connectivity index (χ3n) is 3.79. The van der Waals surface area contributed by atoms with Gasteiger partial charge in [0, 0.05) is 18.5 Å². The summed E-state index contributed by atoms with van der Waals surface area (Å²) in [5.74, 6) is 2.21. The van der Waals surface area contributed by atoms with Crippen molar-refractivity contribution >= 4 is 29.3 Å².